The first-order chi connectivity index (χ1) is 13.4. The lowest BCUT2D eigenvalue weighted by atomic mass is 10.0. The Bertz CT molecular complexity index is 991. The van der Waals surface area contributed by atoms with E-state index in [2.05, 4.69) is 21.2 Å². The summed E-state index contributed by atoms with van der Waals surface area (Å²) < 4.78 is 0.796. The summed E-state index contributed by atoms with van der Waals surface area (Å²) in [5.41, 5.74) is 8.81. The first-order valence-corrected chi connectivity index (χ1v) is 9.81. The van der Waals surface area contributed by atoms with E-state index >= 15 is 0 Å². The fraction of sp³-hybridized carbons (Fsp3) is 0.0909. The van der Waals surface area contributed by atoms with Crippen molar-refractivity contribution in [2.45, 2.75) is 12.5 Å². The van der Waals surface area contributed by atoms with Crippen LogP contribution in [-0.4, -0.2) is 17.9 Å². The largest absolute Gasteiger partial charge is 0.368 e. The van der Waals surface area contributed by atoms with Gasteiger partial charge in [-0.2, -0.15) is 0 Å². The van der Waals surface area contributed by atoms with Crippen LogP contribution in [0.2, 0.25) is 5.02 Å². The van der Waals surface area contributed by atoms with Gasteiger partial charge in [-0.05, 0) is 47.0 Å². The van der Waals surface area contributed by atoms with Crippen LogP contribution >= 0.6 is 27.5 Å². The minimum atomic E-state index is -0.851. The molecule has 28 heavy (non-hydrogen) atoms. The van der Waals surface area contributed by atoms with E-state index in [1.165, 1.54) is 0 Å². The molecule has 0 radical (unpaired) electrons. The molecule has 0 fully saturated rings. The van der Waals surface area contributed by atoms with Crippen molar-refractivity contribution in [3.8, 4) is 11.1 Å². The standard InChI is InChI=1S/C22H18BrClN2O2/c23-19-11-10-18(24)12-17(19)13-20(21(25)27)26-22(28)16-8-6-15(7-9-16)14-4-2-1-3-5-14/h1-12,20H,13H2,(H2,25,27)(H,26,28)/t20-/m0/s1. The molecule has 3 aromatic carbocycles. The number of halogens is 2. The Morgan fingerprint density at radius 2 is 1.61 bits per heavy atom. The highest BCUT2D eigenvalue weighted by Crippen LogP contribution is 2.23. The molecular formula is C22H18BrClN2O2. The Morgan fingerprint density at radius 1 is 0.964 bits per heavy atom. The lowest BCUT2D eigenvalue weighted by Crippen LogP contribution is -2.45. The van der Waals surface area contributed by atoms with E-state index in [0.29, 0.717) is 10.6 Å². The average Bonchev–Trinajstić information content (AvgIpc) is 2.70. The molecule has 6 heteroatoms. The zero-order chi connectivity index (χ0) is 20.1. The molecule has 142 valence electrons. The second-order valence-electron chi connectivity index (χ2n) is 6.31. The van der Waals surface area contributed by atoms with Crippen LogP contribution < -0.4 is 11.1 Å². The Balaban J connectivity index is 1.74. The van der Waals surface area contributed by atoms with Crippen LogP contribution in [0.3, 0.4) is 0 Å². The molecule has 2 amide bonds. The number of rotatable bonds is 6. The maximum atomic E-state index is 12.6. The van der Waals surface area contributed by atoms with Gasteiger partial charge in [-0.15, -0.1) is 0 Å². The third kappa shape index (κ3) is 5.00. The fourth-order valence-electron chi connectivity index (χ4n) is 2.83. The van der Waals surface area contributed by atoms with Gasteiger partial charge >= 0.3 is 0 Å². The van der Waals surface area contributed by atoms with Crippen molar-refractivity contribution in [2.75, 3.05) is 0 Å². The molecular weight excluding hydrogens is 440 g/mol. The first kappa shape index (κ1) is 20.1. The summed E-state index contributed by atoms with van der Waals surface area (Å²) in [5.74, 6) is -0.970. The number of primary amides is 1. The second kappa shape index (κ2) is 9.04. The quantitative estimate of drug-likeness (QED) is 0.568. The van der Waals surface area contributed by atoms with E-state index in [4.69, 9.17) is 17.3 Å². The number of hydrogen-bond acceptors (Lipinski definition) is 2. The van der Waals surface area contributed by atoms with E-state index in [0.717, 1.165) is 21.2 Å². The van der Waals surface area contributed by atoms with Crippen LogP contribution in [0.5, 0.6) is 0 Å². The maximum absolute atomic E-state index is 12.6. The van der Waals surface area contributed by atoms with Gasteiger partial charge in [0.2, 0.25) is 5.91 Å². The summed E-state index contributed by atoms with van der Waals surface area (Å²) in [6.45, 7) is 0. The molecule has 3 N–H and O–H groups in total. The van der Waals surface area contributed by atoms with Crippen molar-refractivity contribution in [1.82, 2.24) is 5.32 Å². The maximum Gasteiger partial charge on any atom is 0.251 e. The van der Waals surface area contributed by atoms with Crippen LogP contribution in [-0.2, 0) is 11.2 Å². The molecule has 0 bridgehead atoms. The van der Waals surface area contributed by atoms with Crippen LogP contribution in [0.4, 0.5) is 0 Å². The van der Waals surface area contributed by atoms with E-state index in [1.54, 1.807) is 30.3 Å². The highest BCUT2D eigenvalue weighted by atomic mass is 79.9. The Morgan fingerprint density at radius 3 is 2.25 bits per heavy atom. The van der Waals surface area contributed by atoms with E-state index < -0.39 is 11.9 Å². The summed E-state index contributed by atoms with van der Waals surface area (Å²) in [4.78, 5) is 24.5. The van der Waals surface area contributed by atoms with Crippen LogP contribution in [0, 0.1) is 0 Å². The molecule has 0 aliphatic heterocycles. The van der Waals surface area contributed by atoms with Gasteiger partial charge in [-0.3, -0.25) is 9.59 Å². The third-order valence-electron chi connectivity index (χ3n) is 4.33. The SMILES string of the molecule is NC(=O)[C@H](Cc1cc(Cl)ccc1Br)NC(=O)c1ccc(-c2ccccc2)cc1. The minimum absolute atomic E-state index is 0.240. The number of nitrogens with two attached hydrogens (primary N) is 1. The van der Waals surface area contributed by atoms with Crippen molar-refractivity contribution in [2.24, 2.45) is 5.73 Å². The van der Waals surface area contributed by atoms with Gasteiger partial charge in [-0.1, -0.05) is 70.0 Å². The van der Waals surface area contributed by atoms with Crippen LogP contribution in [0.25, 0.3) is 11.1 Å². The first-order valence-electron chi connectivity index (χ1n) is 8.63. The van der Waals surface area contributed by atoms with Crippen molar-refractivity contribution in [1.29, 1.82) is 0 Å². The van der Waals surface area contributed by atoms with Gasteiger partial charge < -0.3 is 11.1 Å². The highest BCUT2D eigenvalue weighted by molar-refractivity contribution is 9.10. The normalized spacial score (nSPS) is 11.6. The lowest BCUT2D eigenvalue weighted by Gasteiger charge is -2.17. The number of carbonyl (C=O) groups is 2. The molecule has 0 spiro atoms. The van der Waals surface area contributed by atoms with Crippen LogP contribution in [0.15, 0.2) is 77.3 Å². The number of benzene rings is 3. The molecule has 4 nitrogen and oxygen atoms in total. The van der Waals surface area contributed by atoms with Gasteiger partial charge in [0.25, 0.3) is 5.91 Å². The van der Waals surface area contributed by atoms with Gasteiger partial charge in [0.05, 0.1) is 0 Å². The van der Waals surface area contributed by atoms with Crippen molar-refractivity contribution >= 4 is 39.3 Å². The molecule has 1 atom stereocenters. The highest BCUT2D eigenvalue weighted by Gasteiger charge is 2.20. The number of hydrogen-bond donors (Lipinski definition) is 2. The Kier molecular flexibility index (Phi) is 6.49. The number of amides is 2. The van der Waals surface area contributed by atoms with Crippen molar-refractivity contribution in [3.63, 3.8) is 0 Å². The molecule has 0 heterocycles. The van der Waals surface area contributed by atoms with E-state index in [1.807, 2.05) is 42.5 Å². The van der Waals surface area contributed by atoms with Crippen LogP contribution in [0.1, 0.15) is 15.9 Å². The van der Waals surface area contributed by atoms with E-state index in [9.17, 15) is 9.59 Å². The zero-order valence-corrected chi connectivity index (χ0v) is 17.2. The fourth-order valence-corrected chi connectivity index (χ4v) is 3.43. The Labute approximate surface area is 176 Å². The molecule has 0 saturated carbocycles. The molecule has 3 aromatic rings. The van der Waals surface area contributed by atoms with Crippen molar-refractivity contribution < 1.29 is 9.59 Å². The molecule has 0 aromatic heterocycles. The second-order valence-corrected chi connectivity index (χ2v) is 7.60. The smallest absolute Gasteiger partial charge is 0.251 e. The molecule has 3 rings (SSSR count). The minimum Gasteiger partial charge on any atom is -0.368 e. The van der Waals surface area contributed by atoms with Crippen molar-refractivity contribution in [3.05, 3.63) is 93.4 Å². The summed E-state index contributed by atoms with van der Waals surface area (Å²) in [6, 6.07) is 21.5. The summed E-state index contributed by atoms with van der Waals surface area (Å²) in [5, 5.41) is 3.26. The lowest BCUT2D eigenvalue weighted by molar-refractivity contribution is -0.119. The monoisotopic (exact) mass is 456 g/mol. The topological polar surface area (TPSA) is 72.2 Å². The summed E-state index contributed by atoms with van der Waals surface area (Å²) >= 11 is 9.45. The predicted octanol–water partition coefficient (Wildman–Crippen LogP) is 4.60. The molecule has 0 aliphatic rings. The summed E-state index contributed by atoms with van der Waals surface area (Å²) in [6.07, 6.45) is 0.240. The molecule has 0 saturated heterocycles. The van der Waals surface area contributed by atoms with Gasteiger partial charge in [0.15, 0.2) is 0 Å². The number of carbonyl (C=O) groups excluding carboxylic acids is 2. The molecule has 0 unspecified atom stereocenters. The van der Waals surface area contributed by atoms with E-state index in [-0.39, 0.29) is 12.3 Å². The zero-order valence-electron chi connectivity index (χ0n) is 14.9. The van der Waals surface area contributed by atoms with Gasteiger partial charge in [0.1, 0.15) is 6.04 Å². The summed E-state index contributed by atoms with van der Waals surface area (Å²) in [7, 11) is 0. The number of nitrogens with one attached hydrogen (secondary N) is 1. The van der Waals surface area contributed by atoms with Gasteiger partial charge in [-0.25, -0.2) is 0 Å². The third-order valence-corrected chi connectivity index (χ3v) is 5.34. The Hall–Kier alpha value is -2.63. The molecule has 0 aliphatic carbocycles. The average molecular weight is 458 g/mol. The van der Waals surface area contributed by atoms with Gasteiger partial charge in [0, 0.05) is 21.5 Å². The predicted molar refractivity (Wildman–Crippen MR) is 115 cm³/mol.